The molecule has 0 N–H and O–H groups in total. The summed E-state index contributed by atoms with van der Waals surface area (Å²) in [4.78, 5) is 22.6. The predicted molar refractivity (Wildman–Crippen MR) is 83.4 cm³/mol. The lowest BCUT2D eigenvalue weighted by atomic mass is 10.2. The van der Waals surface area contributed by atoms with Crippen LogP contribution in [0.15, 0.2) is 55.0 Å². The third-order valence-corrected chi connectivity index (χ3v) is 3.23. The third kappa shape index (κ3) is 3.41. The molecule has 114 valence electrons. The first-order chi connectivity index (χ1) is 11.1. The molecule has 0 aliphatic heterocycles. The zero-order valence-electron chi connectivity index (χ0n) is 11.6. The van der Waals surface area contributed by atoms with Gasteiger partial charge < -0.3 is 4.74 Å². The molecule has 0 amide bonds. The molecule has 8 heteroatoms. The normalized spacial score (nSPS) is 10.3. The lowest BCUT2D eigenvalue weighted by molar-refractivity contribution is -0.384. The van der Waals surface area contributed by atoms with Crippen LogP contribution in [-0.2, 0) is 0 Å². The van der Waals surface area contributed by atoms with Crippen molar-refractivity contribution in [3.05, 3.63) is 70.1 Å². The minimum absolute atomic E-state index is 0.0359. The molecule has 2 heterocycles. The largest absolute Gasteiger partial charge is 0.422 e. The van der Waals surface area contributed by atoms with Gasteiger partial charge in [0.25, 0.3) is 5.69 Å². The Morgan fingerprint density at radius 1 is 1.17 bits per heavy atom. The van der Waals surface area contributed by atoms with Gasteiger partial charge in [0.2, 0.25) is 0 Å². The molecule has 0 atom stereocenters. The van der Waals surface area contributed by atoms with Crippen molar-refractivity contribution in [3.63, 3.8) is 0 Å². The van der Waals surface area contributed by atoms with E-state index in [-0.39, 0.29) is 22.5 Å². The molecule has 0 fully saturated rings. The number of halogens is 1. The highest BCUT2D eigenvalue weighted by Crippen LogP contribution is 2.31. The van der Waals surface area contributed by atoms with Crippen LogP contribution >= 0.6 is 11.6 Å². The Labute approximate surface area is 135 Å². The van der Waals surface area contributed by atoms with Crippen molar-refractivity contribution in [2.45, 2.75) is 0 Å². The fraction of sp³-hybridized carbons (Fsp3) is 0. The molecule has 0 aliphatic carbocycles. The van der Waals surface area contributed by atoms with Crippen LogP contribution in [0, 0.1) is 10.1 Å². The number of nitrogens with zero attached hydrogens (tertiary/aromatic N) is 4. The van der Waals surface area contributed by atoms with E-state index in [1.807, 2.05) is 6.07 Å². The van der Waals surface area contributed by atoms with Crippen molar-refractivity contribution in [3.8, 4) is 23.0 Å². The molecule has 0 spiro atoms. The van der Waals surface area contributed by atoms with Crippen LogP contribution in [0.4, 0.5) is 5.69 Å². The average Bonchev–Trinajstić information content (AvgIpc) is 2.58. The highest BCUT2D eigenvalue weighted by atomic mass is 35.5. The quantitative estimate of drug-likeness (QED) is 0.533. The maximum atomic E-state index is 10.8. The summed E-state index contributed by atoms with van der Waals surface area (Å²) in [6.07, 6.45) is 4.84. The van der Waals surface area contributed by atoms with Crippen LogP contribution < -0.4 is 4.74 Å². The molecule has 0 aliphatic rings. The first kappa shape index (κ1) is 14.9. The van der Waals surface area contributed by atoms with E-state index in [1.54, 1.807) is 24.5 Å². The van der Waals surface area contributed by atoms with E-state index in [0.29, 0.717) is 5.69 Å². The zero-order valence-corrected chi connectivity index (χ0v) is 12.3. The summed E-state index contributed by atoms with van der Waals surface area (Å²) in [5.74, 6) is 0.115. The fourth-order valence-electron chi connectivity index (χ4n) is 1.85. The van der Waals surface area contributed by atoms with Gasteiger partial charge in [-0.25, -0.2) is 4.98 Å². The number of pyridine rings is 1. The predicted octanol–water partition coefficient (Wildman–Crippen LogP) is 3.89. The van der Waals surface area contributed by atoms with Gasteiger partial charge in [0.15, 0.2) is 5.75 Å². The lowest BCUT2D eigenvalue weighted by Crippen LogP contribution is -1.95. The number of rotatable bonds is 4. The number of non-ortho nitro benzene ring substituents is 1. The van der Waals surface area contributed by atoms with Crippen molar-refractivity contribution >= 4 is 17.3 Å². The summed E-state index contributed by atoms with van der Waals surface area (Å²) >= 11 is 5.99. The summed E-state index contributed by atoms with van der Waals surface area (Å²) in [6.45, 7) is 0. The second-order valence-corrected chi connectivity index (χ2v) is 4.85. The molecule has 0 saturated carbocycles. The third-order valence-electron chi connectivity index (χ3n) is 2.92. The van der Waals surface area contributed by atoms with E-state index in [2.05, 4.69) is 15.0 Å². The van der Waals surface area contributed by atoms with E-state index in [4.69, 9.17) is 16.3 Å². The second kappa shape index (κ2) is 6.37. The first-order valence-electron chi connectivity index (χ1n) is 6.49. The Balaban J connectivity index is 1.92. The van der Waals surface area contributed by atoms with E-state index in [9.17, 15) is 10.1 Å². The maximum absolute atomic E-state index is 10.8. The fourth-order valence-corrected chi connectivity index (χ4v) is 2.00. The molecule has 0 unspecified atom stereocenters. The zero-order chi connectivity index (χ0) is 16.2. The minimum atomic E-state index is -0.532. The van der Waals surface area contributed by atoms with Crippen molar-refractivity contribution in [1.29, 1.82) is 0 Å². The first-order valence-corrected chi connectivity index (χ1v) is 6.86. The molecule has 2 aromatic heterocycles. The topological polar surface area (TPSA) is 91.0 Å². The molecule has 0 saturated heterocycles. The molecule has 0 radical (unpaired) electrons. The summed E-state index contributed by atoms with van der Waals surface area (Å²) < 4.78 is 5.48. The van der Waals surface area contributed by atoms with Crippen molar-refractivity contribution in [1.82, 2.24) is 15.0 Å². The average molecular weight is 329 g/mol. The van der Waals surface area contributed by atoms with Gasteiger partial charge in [-0.3, -0.25) is 15.1 Å². The second-order valence-electron chi connectivity index (χ2n) is 4.44. The van der Waals surface area contributed by atoms with Crippen LogP contribution in [0.2, 0.25) is 5.02 Å². The minimum Gasteiger partial charge on any atom is -0.422 e. The van der Waals surface area contributed by atoms with Gasteiger partial charge in [-0.1, -0.05) is 11.6 Å². The summed E-state index contributed by atoms with van der Waals surface area (Å²) in [5, 5.41) is 11.1. The van der Waals surface area contributed by atoms with Crippen molar-refractivity contribution in [2.75, 3.05) is 0 Å². The van der Waals surface area contributed by atoms with Crippen molar-refractivity contribution < 1.29 is 9.66 Å². The summed E-state index contributed by atoms with van der Waals surface area (Å²) in [5.41, 5.74) is 1.28. The molecule has 3 aromatic rings. The number of hydrogen-bond acceptors (Lipinski definition) is 6. The standard InChI is InChI=1S/C15H9ClN4O3/c16-12-4-3-11(20(21)22)8-14(12)23-15-18-7-5-13(19-15)10-2-1-6-17-9-10/h1-9H. The number of benzene rings is 1. The molecular formula is C15H9ClN4O3. The number of ether oxygens (including phenoxy) is 1. The van der Waals surface area contributed by atoms with Gasteiger partial charge in [0.1, 0.15) is 0 Å². The number of nitro benzene ring substituents is 1. The Morgan fingerprint density at radius 2 is 2.04 bits per heavy atom. The Hall–Kier alpha value is -3.06. The SMILES string of the molecule is O=[N+]([O-])c1ccc(Cl)c(Oc2nccc(-c3cccnc3)n2)c1. The lowest BCUT2D eigenvalue weighted by Gasteiger charge is -2.07. The van der Waals surface area contributed by atoms with Gasteiger partial charge in [-0.05, 0) is 24.3 Å². The smallest absolute Gasteiger partial charge is 0.322 e. The molecule has 7 nitrogen and oxygen atoms in total. The highest BCUT2D eigenvalue weighted by molar-refractivity contribution is 6.32. The molecule has 0 bridgehead atoms. The van der Waals surface area contributed by atoms with E-state index in [1.165, 1.54) is 24.4 Å². The van der Waals surface area contributed by atoms with Gasteiger partial charge in [0, 0.05) is 30.2 Å². The van der Waals surface area contributed by atoms with Gasteiger partial charge >= 0.3 is 6.01 Å². The number of hydrogen-bond donors (Lipinski definition) is 0. The van der Waals surface area contributed by atoms with E-state index >= 15 is 0 Å². The van der Waals surface area contributed by atoms with Gasteiger partial charge in [-0.15, -0.1) is 0 Å². The van der Waals surface area contributed by atoms with Gasteiger partial charge in [-0.2, -0.15) is 4.98 Å². The van der Waals surface area contributed by atoms with Crippen LogP contribution in [0.5, 0.6) is 11.8 Å². The van der Waals surface area contributed by atoms with Crippen LogP contribution in [0.1, 0.15) is 0 Å². The van der Waals surface area contributed by atoms with E-state index in [0.717, 1.165) is 5.56 Å². The Kier molecular flexibility index (Phi) is 4.11. The Morgan fingerprint density at radius 3 is 2.78 bits per heavy atom. The van der Waals surface area contributed by atoms with Gasteiger partial charge in [0.05, 0.1) is 21.7 Å². The number of nitro groups is 1. The monoisotopic (exact) mass is 328 g/mol. The number of aromatic nitrogens is 3. The summed E-state index contributed by atoms with van der Waals surface area (Å²) in [7, 11) is 0. The van der Waals surface area contributed by atoms with E-state index < -0.39 is 4.92 Å². The van der Waals surface area contributed by atoms with Crippen LogP contribution in [-0.4, -0.2) is 19.9 Å². The molecular weight excluding hydrogens is 320 g/mol. The molecule has 3 rings (SSSR count). The van der Waals surface area contributed by atoms with Crippen LogP contribution in [0.25, 0.3) is 11.3 Å². The van der Waals surface area contributed by atoms with Crippen molar-refractivity contribution in [2.24, 2.45) is 0 Å². The Bertz CT molecular complexity index is 858. The highest BCUT2D eigenvalue weighted by Gasteiger charge is 2.13. The summed E-state index contributed by atoms with van der Waals surface area (Å²) in [6, 6.07) is 9.28. The maximum Gasteiger partial charge on any atom is 0.322 e. The van der Waals surface area contributed by atoms with Crippen LogP contribution in [0.3, 0.4) is 0 Å². The molecule has 1 aromatic carbocycles. The molecule has 23 heavy (non-hydrogen) atoms.